The Kier molecular flexibility index (Phi) is 4.71. The molecule has 1 fully saturated rings. The van der Waals surface area contributed by atoms with Gasteiger partial charge in [-0.1, -0.05) is 11.6 Å². The van der Waals surface area contributed by atoms with E-state index in [2.05, 4.69) is 5.32 Å². The Morgan fingerprint density at radius 3 is 2.63 bits per heavy atom. The SMILES string of the molecule is O=C(Nc1ccc2c(c1)OCO2)[C@@H]1CCCN1S(=O)(=O)c1ccc(Cl)cc1. The molecule has 9 heteroatoms. The normalized spacial score (nSPS) is 19.2. The van der Waals surface area contributed by atoms with Crippen molar-refractivity contribution in [3.63, 3.8) is 0 Å². The lowest BCUT2D eigenvalue weighted by Crippen LogP contribution is -2.43. The van der Waals surface area contributed by atoms with E-state index in [1.807, 2.05) is 0 Å². The molecule has 4 rings (SSSR count). The van der Waals surface area contributed by atoms with Crippen LogP contribution in [-0.2, 0) is 14.8 Å². The number of fused-ring (bicyclic) bond motifs is 1. The number of hydrogen-bond acceptors (Lipinski definition) is 5. The average molecular weight is 409 g/mol. The maximum absolute atomic E-state index is 12.9. The van der Waals surface area contributed by atoms with Crippen LogP contribution in [0, 0.1) is 0 Å². The first kappa shape index (κ1) is 18.1. The first-order chi connectivity index (χ1) is 12.9. The quantitative estimate of drug-likeness (QED) is 0.840. The highest BCUT2D eigenvalue weighted by molar-refractivity contribution is 7.89. The lowest BCUT2D eigenvalue weighted by Gasteiger charge is -2.23. The minimum absolute atomic E-state index is 0.120. The highest BCUT2D eigenvalue weighted by Gasteiger charge is 2.39. The number of nitrogens with zero attached hydrogens (tertiary/aromatic N) is 1. The van der Waals surface area contributed by atoms with Crippen molar-refractivity contribution in [2.75, 3.05) is 18.7 Å². The summed E-state index contributed by atoms with van der Waals surface area (Å²) in [6.45, 7) is 0.437. The summed E-state index contributed by atoms with van der Waals surface area (Å²) in [7, 11) is -3.78. The molecule has 0 spiro atoms. The molecule has 7 nitrogen and oxygen atoms in total. The zero-order valence-electron chi connectivity index (χ0n) is 14.2. The highest BCUT2D eigenvalue weighted by atomic mass is 35.5. The number of anilines is 1. The molecule has 0 unspecified atom stereocenters. The van der Waals surface area contributed by atoms with Gasteiger partial charge in [0.2, 0.25) is 22.7 Å². The Hall–Kier alpha value is -2.29. The maximum atomic E-state index is 12.9. The molecular formula is C18H17ClN2O5S. The third kappa shape index (κ3) is 3.47. The molecule has 0 radical (unpaired) electrons. The zero-order valence-corrected chi connectivity index (χ0v) is 15.8. The van der Waals surface area contributed by atoms with Crippen LogP contribution in [0.1, 0.15) is 12.8 Å². The third-order valence-corrected chi connectivity index (χ3v) is 6.74. The van der Waals surface area contributed by atoms with E-state index < -0.39 is 16.1 Å². The van der Waals surface area contributed by atoms with Crippen LogP contribution in [0.3, 0.4) is 0 Å². The van der Waals surface area contributed by atoms with E-state index in [1.54, 1.807) is 18.2 Å². The zero-order chi connectivity index (χ0) is 19.0. The minimum atomic E-state index is -3.78. The fourth-order valence-corrected chi connectivity index (χ4v) is 5.01. The second-order valence-corrected chi connectivity index (χ2v) is 8.61. The predicted molar refractivity (Wildman–Crippen MR) is 99.6 cm³/mol. The summed E-state index contributed by atoms with van der Waals surface area (Å²) in [5.74, 6) is 0.787. The molecule has 2 heterocycles. The molecule has 0 saturated carbocycles. The molecule has 142 valence electrons. The number of rotatable bonds is 4. The van der Waals surface area contributed by atoms with Gasteiger partial charge < -0.3 is 14.8 Å². The minimum Gasteiger partial charge on any atom is -0.454 e. The number of hydrogen-bond donors (Lipinski definition) is 1. The number of carbonyl (C=O) groups excluding carboxylic acids is 1. The molecule has 0 aliphatic carbocycles. The van der Waals surface area contributed by atoms with Crippen molar-refractivity contribution < 1.29 is 22.7 Å². The van der Waals surface area contributed by atoms with E-state index >= 15 is 0 Å². The van der Waals surface area contributed by atoms with Crippen LogP contribution in [-0.4, -0.2) is 38.0 Å². The Balaban J connectivity index is 1.54. The topological polar surface area (TPSA) is 84.9 Å². The van der Waals surface area contributed by atoms with Gasteiger partial charge in [-0.2, -0.15) is 4.31 Å². The molecule has 1 amide bonds. The van der Waals surface area contributed by atoms with Gasteiger partial charge in [0.1, 0.15) is 6.04 Å². The third-order valence-electron chi connectivity index (χ3n) is 4.57. The van der Waals surface area contributed by atoms with Crippen LogP contribution in [0.2, 0.25) is 5.02 Å². The fraction of sp³-hybridized carbons (Fsp3) is 0.278. The van der Waals surface area contributed by atoms with Gasteiger partial charge in [0, 0.05) is 23.3 Å². The van der Waals surface area contributed by atoms with Crippen molar-refractivity contribution in [3.05, 3.63) is 47.5 Å². The summed E-state index contributed by atoms with van der Waals surface area (Å²) in [5, 5.41) is 3.23. The van der Waals surface area contributed by atoms with E-state index in [-0.39, 0.29) is 17.6 Å². The van der Waals surface area contributed by atoms with Gasteiger partial charge in [-0.05, 0) is 49.2 Å². The molecule has 2 aromatic carbocycles. The number of nitrogens with one attached hydrogen (secondary N) is 1. The molecule has 2 aliphatic heterocycles. The molecular weight excluding hydrogens is 392 g/mol. The Morgan fingerprint density at radius 1 is 1.11 bits per heavy atom. The summed E-state index contributed by atoms with van der Waals surface area (Å²) >= 11 is 5.84. The van der Waals surface area contributed by atoms with Gasteiger partial charge in [-0.3, -0.25) is 4.79 Å². The summed E-state index contributed by atoms with van der Waals surface area (Å²) in [4.78, 5) is 12.9. The largest absolute Gasteiger partial charge is 0.454 e. The van der Waals surface area contributed by atoms with Crippen LogP contribution >= 0.6 is 11.6 Å². The van der Waals surface area contributed by atoms with E-state index in [0.717, 1.165) is 0 Å². The predicted octanol–water partition coefficient (Wildman–Crippen LogP) is 2.86. The van der Waals surface area contributed by atoms with Gasteiger partial charge >= 0.3 is 0 Å². The van der Waals surface area contributed by atoms with Gasteiger partial charge in [0.25, 0.3) is 0 Å². The number of benzene rings is 2. The lowest BCUT2D eigenvalue weighted by molar-refractivity contribution is -0.119. The summed E-state index contributed by atoms with van der Waals surface area (Å²) in [6, 6.07) is 10.2. The first-order valence-corrected chi connectivity index (χ1v) is 10.2. The molecule has 0 aromatic heterocycles. The molecule has 1 saturated heterocycles. The van der Waals surface area contributed by atoms with Crippen LogP contribution in [0.5, 0.6) is 11.5 Å². The molecule has 2 aliphatic rings. The number of sulfonamides is 1. The van der Waals surface area contributed by atoms with E-state index in [0.29, 0.717) is 41.6 Å². The van der Waals surface area contributed by atoms with Crippen molar-refractivity contribution in [1.82, 2.24) is 4.31 Å². The molecule has 1 atom stereocenters. The lowest BCUT2D eigenvalue weighted by atomic mass is 10.2. The second-order valence-electron chi connectivity index (χ2n) is 6.28. The Bertz CT molecular complexity index is 978. The van der Waals surface area contributed by atoms with Gasteiger partial charge in [0.15, 0.2) is 11.5 Å². The van der Waals surface area contributed by atoms with Crippen molar-refractivity contribution >= 4 is 33.2 Å². The number of amides is 1. The van der Waals surface area contributed by atoms with E-state index in [4.69, 9.17) is 21.1 Å². The number of ether oxygens (including phenoxy) is 2. The average Bonchev–Trinajstić information content (AvgIpc) is 3.31. The van der Waals surface area contributed by atoms with Crippen molar-refractivity contribution in [3.8, 4) is 11.5 Å². The Morgan fingerprint density at radius 2 is 1.85 bits per heavy atom. The van der Waals surface area contributed by atoms with Crippen LogP contribution in [0.4, 0.5) is 5.69 Å². The van der Waals surface area contributed by atoms with Crippen LogP contribution < -0.4 is 14.8 Å². The summed E-state index contributed by atoms with van der Waals surface area (Å²) in [6.07, 6.45) is 1.08. The Labute approximate surface area is 161 Å². The summed E-state index contributed by atoms with van der Waals surface area (Å²) < 4.78 is 37.7. The summed E-state index contributed by atoms with van der Waals surface area (Å²) in [5.41, 5.74) is 0.528. The fourth-order valence-electron chi connectivity index (χ4n) is 3.23. The van der Waals surface area contributed by atoms with E-state index in [1.165, 1.54) is 28.6 Å². The van der Waals surface area contributed by atoms with Crippen molar-refractivity contribution in [1.29, 1.82) is 0 Å². The molecule has 1 N–H and O–H groups in total. The molecule has 2 aromatic rings. The number of halogens is 1. The van der Waals surface area contributed by atoms with Crippen LogP contribution in [0.15, 0.2) is 47.4 Å². The van der Waals surface area contributed by atoms with Gasteiger partial charge in [0.05, 0.1) is 4.90 Å². The monoisotopic (exact) mass is 408 g/mol. The number of carbonyl (C=O) groups is 1. The van der Waals surface area contributed by atoms with Crippen LogP contribution in [0.25, 0.3) is 0 Å². The molecule has 0 bridgehead atoms. The van der Waals surface area contributed by atoms with Gasteiger partial charge in [-0.15, -0.1) is 0 Å². The van der Waals surface area contributed by atoms with Gasteiger partial charge in [-0.25, -0.2) is 8.42 Å². The smallest absolute Gasteiger partial charge is 0.243 e. The highest BCUT2D eigenvalue weighted by Crippen LogP contribution is 2.35. The standard InChI is InChI=1S/C18H17ClN2O5S/c19-12-3-6-14(7-4-12)27(23,24)21-9-1-2-15(21)18(22)20-13-5-8-16-17(10-13)26-11-25-16/h3-8,10,15H,1-2,9,11H2,(H,20,22)/t15-/m0/s1. The van der Waals surface area contributed by atoms with E-state index in [9.17, 15) is 13.2 Å². The maximum Gasteiger partial charge on any atom is 0.243 e. The first-order valence-electron chi connectivity index (χ1n) is 8.43. The van der Waals surface area contributed by atoms with Crippen molar-refractivity contribution in [2.24, 2.45) is 0 Å². The second kappa shape index (κ2) is 7.03. The molecule has 27 heavy (non-hydrogen) atoms. The van der Waals surface area contributed by atoms with Crippen molar-refractivity contribution in [2.45, 2.75) is 23.8 Å².